The van der Waals surface area contributed by atoms with Gasteiger partial charge in [0.25, 0.3) is 5.69 Å². The number of hydrogen-bond donors (Lipinski definition) is 1. The van der Waals surface area contributed by atoms with Crippen LogP contribution in [0.2, 0.25) is 5.02 Å². The van der Waals surface area contributed by atoms with Crippen LogP contribution in [0.5, 0.6) is 0 Å². The second-order valence-electron chi connectivity index (χ2n) is 3.75. The van der Waals surface area contributed by atoms with E-state index in [0.29, 0.717) is 0 Å². The molecule has 0 bridgehead atoms. The summed E-state index contributed by atoms with van der Waals surface area (Å²) in [6.07, 6.45) is -1.03. The maximum absolute atomic E-state index is 10.8. The summed E-state index contributed by atoms with van der Waals surface area (Å²) >= 11 is 5.68. The molecule has 1 rings (SSSR count). The van der Waals surface area contributed by atoms with Crippen molar-refractivity contribution in [2.24, 2.45) is 5.10 Å². The lowest BCUT2D eigenvalue weighted by Gasteiger charge is -2.09. The van der Waals surface area contributed by atoms with Crippen LogP contribution in [-0.4, -0.2) is 22.6 Å². The highest BCUT2D eigenvalue weighted by Crippen LogP contribution is 2.27. The third-order valence-electron chi connectivity index (χ3n) is 2.27. The molecule has 0 spiro atoms. The van der Waals surface area contributed by atoms with Gasteiger partial charge in [-0.3, -0.25) is 15.5 Å². The Balaban J connectivity index is 2.99. The van der Waals surface area contributed by atoms with E-state index in [2.05, 4.69) is 10.5 Å². The highest BCUT2D eigenvalue weighted by atomic mass is 35.5. The molecule has 0 aliphatic carbocycles. The topological polar surface area (TPSA) is 148 Å². The number of aliphatic carboxylic acids is 2. The molecule has 0 saturated carbocycles. The molecule has 0 unspecified atom stereocenters. The predicted octanol–water partition coefficient (Wildman–Crippen LogP) is -0.704. The summed E-state index contributed by atoms with van der Waals surface area (Å²) in [6, 6.07) is 3.57. The fourth-order valence-electron chi connectivity index (χ4n) is 1.31. The van der Waals surface area contributed by atoms with E-state index in [1.54, 1.807) is 0 Å². The van der Waals surface area contributed by atoms with E-state index in [9.17, 15) is 29.9 Å². The number of carbonyl (C=O) groups excluding carboxylic acids is 2. The van der Waals surface area contributed by atoms with Gasteiger partial charge < -0.3 is 19.8 Å². The lowest BCUT2D eigenvalue weighted by atomic mass is 10.2. The van der Waals surface area contributed by atoms with Gasteiger partial charge in [0, 0.05) is 17.1 Å². The van der Waals surface area contributed by atoms with E-state index in [4.69, 9.17) is 11.6 Å². The summed E-state index contributed by atoms with van der Waals surface area (Å²) in [5.74, 6) is -3.16. The maximum Gasteiger partial charge on any atom is 0.294 e. The molecule has 0 radical (unpaired) electrons. The Morgan fingerprint density at radius 1 is 1.29 bits per heavy atom. The number of nitro benzene ring substituents is 1. The van der Waals surface area contributed by atoms with Gasteiger partial charge in [-0.05, 0) is 25.0 Å². The molecular weight excluding hydrogens is 306 g/mol. The number of benzene rings is 1. The first-order valence-electron chi connectivity index (χ1n) is 5.49. The number of carboxylic acid groups (broad SMARTS) is 2. The molecule has 1 aromatic rings. The molecule has 1 aromatic carbocycles. The van der Waals surface area contributed by atoms with Crippen LogP contribution >= 0.6 is 11.6 Å². The van der Waals surface area contributed by atoms with Gasteiger partial charge in [-0.2, -0.15) is 5.10 Å². The minimum Gasteiger partial charge on any atom is -0.550 e. The standard InChI is InChI=1S/C11H10ClN3O6/c12-6-1-3-9(15(20)21)8(5-6)14-13-7(11(18)19)2-4-10(16)17/h1,3,5,14H,2,4H2,(H,16,17)(H,18,19)/p-2/b13-7+. The number of nitrogens with zero attached hydrogens (tertiary/aromatic N) is 2. The molecule has 0 aliphatic rings. The zero-order valence-electron chi connectivity index (χ0n) is 10.4. The van der Waals surface area contributed by atoms with Crippen molar-refractivity contribution in [2.45, 2.75) is 12.8 Å². The van der Waals surface area contributed by atoms with Crippen LogP contribution < -0.4 is 15.6 Å². The lowest BCUT2D eigenvalue weighted by Crippen LogP contribution is -2.34. The van der Waals surface area contributed by atoms with Crippen molar-refractivity contribution in [3.05, 3.63) is 33.3 Å². The Kier molecular flexibility index (Phi) is 5.61. The van der Waals surface area contributed by atoms with Gasteiger partial charge in [-0.25, -0.2) is 0 Å². The van der Waals surface area contributed by atoms with E-state index in [1.165, 1.54) is 12.1 Å². The minimum atomic E-state index is -1.70. The van der Waals surface area contributed by atoms with Crippen molar-refractivity contribution in [1.82, 2.24) is 0 Å². The summed E-state index contributed by atoms with van der Waals surface area (Å²) in [4.78, 5) is 31.1. The van der Waals surface area contributed by atoms with Crippen molar-refractivity contribution >= 4 is 40.6 Å². The number of nitro groups is 1. The summed E-state index contributed by atoms with van der Waals surface area (Å²) in [7, 11) is 0. The lowest BCUT2D eigenvalue weighted by molar-refractivity contribution is -0.384. The fourth-order valence-corrected chi connectivity index (χ4v) is 1.48. The van der Waals surface area contributed by atoms with Gasteiger partial charge >= 0.3 is 0 Å². The van der Waals surface area contributed by atoms with E-state index < -0.39 is 35.4 Å². The number of anilines is 1. The Bertz CT molecular complexity index is 616. The molecule has 10 heteroatoms. The zero-order chi connectivity index (χ0) is 16.0. The van der Waals surface area contributed by atoms with Crippen molar-refractivity contribution in [1.29, 1.82) is 0 Å². The number of carbonyl (C=O) groups is 2. The molecule has 0 amide bonds. The highest BCUT2D eigenvalue weighted by Gasteiger charge is 2.13. The molecule has 0 heterocycles. The van der Waals surface area contributed by atoms with E-state index in [0.717, 1.165) is 6.07 Å². The highest BCUT2D eigenvalue weighted by molar-refractivity contribution is 6.35. The first-order chi connectivity index (χ1) is 9.81. The van der Waals surface area contributed by atoms with Crippen LogP contribution in [0, 0.1) is 10.1 Å². The van der Waals surface area contributed by atoms with Gasteiger partial charge in [-0.1, -0.05) is 11.6 Å². The third kappa shape index (κ3) is 5.07. The number of halogens is 1. The van der Waals surface area contributed by atoms with Gasteiger partial charge in [0.05, 0.1) is 16.6 Å². The summed E-state index contributed by atoms with van der Waals surface area (Å²) in [5, 5.41) is 35.4. The number of nitrogens with one attached hydrogen (secondary N) is 1. The van der Waals surface area contributed by atoms with Crippen LogP contribution in [0.4, 0.5) is 11.4 Å². The Morgan fingerprint density at radius 2 is 1.95 bits per heavy atom. The van der Waals surface area contributed by atoms with Crippen LogP contribution in [0.25, 0.3) is 0 Å². The second-order valence-corrected chi connectivity index (χ2v) is 4.18. The quantitative estimate of drug-likeness (QED) is 0.397. The normalized spacial score (nSPS) is 11.0. The average Bonchev–Trinajstić information content (AvgIpc) is 2.37. The number of carboxylic acids is 2. The van der Waals surface area contributed by atoms with Gasteiger partial charge in [-0.15, -0.1) is 0 Å². The Morgan fingerprint density at radius 3 is 2.48 bits per heavy atom. The average molecular weight is 314 g/mol. The summed E-state index contributed by atoms with van der Waals surface area (Å²) in [6.45, 7) is 0. The molecule has 0 fully saturated rings. The minimum absolute atomic E-state index is 0.139. The van der Waals surface area contributed by atoms with Crippen LogP contribution in [0.1, 0.15) is 12.8 Å². The third-order valence-corrected chi connectivity index (χ3v) is 2.50. The smallest absolute Gasteiger partial charge is 0.294 e. The molecular formula is C11H8ClN3O6-2. The molecule has 112 valence electrons. The first kappa shape index (κ1) is 16.4. The van der Waals surface area contributed by atoms with E-state index in [-0.39, 0.29) is 16.4 Å². The predicted molar refractivity (Wildman–Crippen MR) is 68.4 cm³/mol. The SMILES string of the molecule is O=C([O-])CC/C(=N\Nc1cc(Cl)ccc1[N+](=O)[O-])C(=O)[O-]. The van der Waals surface area contributed by atoms with Crippen molar-refractivity contribution in [3.8, 4) is 0 Å². The summed E-state index contributed by atoms with van der Waals surface area (Å²) < 4.78 is 0. The molecule has 0 aromatic heterocycles. The molecule has 0 atom stereocenters. The van der Waals surface area contributed by atoms with Gasteiger partial charge in [0.15, 0.2) is 0 Å². The van der Waals surface area contributed by atoms with Crippen molar-refractivity contribution < 1.29 is 24.7 Å². The number of hydrogen-bond acceptors (Lipinski definition) is 8. The van der Waals surface area contributed by atoms with Gasteiger partial charge in [0.2, 0.25) is 0 Å². The van der Waals surface area contributed by atoms with E-state index in [1.807, 2.05) is 0 Å². The second kappa shape index (κ2) is 7.20. The van der Waals surface area contributed by atoms with E-state index >= 15 is 0 Å². The Hall–Kier alpha value is -2.68. The molecule has 0 saturated heterocycles. The molecule has 9 nitrogen and oxygen atoms in total. The van der Waals surface area contributed by atoms with Crippen molar-refractivity contribution in [2.75, 3.05) is 5.43 Å². The fraction of sp³-hybridized carbons (Fsp3) is 0.182. The number of hydrazone groups is 1. The number of rotatable bonds is 7. The van der Waals surface area contributed by atoms with Crippen LogP contribution in [-0.2, 0) is 9.59 Å². The largest absolute Gasteiger partial charge is 0.550 e. The van der Waals surface area contributed by atoms with Crippen LogP contribution in [0.15, 0.2) is 23.3 Å². The monoisotopic (exact) mass is 313 g/mol. The summed E-state index contributed by atoms with van der Waals surface area (Å²) in [5.41, 5.74) is 1.04. The van der Waals surface area contributed by atoms with Crippen molar-refractivity contribution in [3.63, 3.8) is 0 Å². The maximum atomic E-state index is 10.8. The van der Waals surface area contributed by atoms with Crippen LogP contribution in [0.3, 0.4) is 0 Å². The Labute approximate surface area is 123 Å². The zero-order valence-corrected chi connectivity index (χ0v) is 11.1. The molecule has 0 aliphatic heterocycles. The molecule has 1 N–H and O–H groups in total. The first-order valence-corrected chi connectivity index (χ1v) is 5.86. The van der Waals surface area contributed by atoms with Gasteiger partial charge in [0.1, 0.15) is 5.69 Å². The molecule has 21 heavy (non-hydrogen) atoms.